The van der Waals surface area contributed by atoms with Gasteiger partial charge in [0.05, 0.1) is 4.92 Å². The summed E-state index contributed by atoms with van der Waals surface area (Å²) in [5.41, 5.74) is 1.70. The molecule has 8 heteroatoms. The van der Waals surface area contributed by atoms with Crippen LogP contribution in [0, 0.1) is 10.1 Å². The fraction of sp³-hybridized carbons (Fsp3) is 0.222. The van der Waals surface area contributed by atoms with Crippen molar-refractivity contribution in [3.05, 3.63) is 33.3 Å². The number of nitrogens with zero attached hydrogens (tertiary/aromatic N) is 1. The summed E-state index contributed by atoms with van der Waals surface area (Å²) < 4.78 is 5.18. The van der Waals surface area contributed by atoms with Crippen LogP contribution in [-0.2, 0) is 4.79 Å². The molecule has 0 saturated heterocycles. The van der Waals surface area contributed by atoms with Gasteiger partial charge < -0.3 is 4.74 Å². The van der Waals surface area contributed by atoms with Crippen LogP contribution in [0.15, 0.2) is 18.2 Å². The number of amides is 1. The Morgan fingerprint density at radius 3 is 2.76 bits per heavy atom. The highest BCUT2D eigenvalue weighted by molar-refractivity contribution is 6.32. The molecule has 7 nitrogen and oxygen atoms in total. The Balaban J connectivity index is 2.84. The number of benzene rings is 1. The molecule has 92 valence electrons. The number of carbonyl (C=O) groups excluding carboxylic acids is 1. The predicted molar refractivity (Wildman–Crippen MR) is 60.5 cm³/mol. The van der Waals surface area contributed by atoms with Crippen LogP contribution >= 0.6 is 11.6 Å². The van der Waals surface area contributed by atoms with Crippen LogP contribution in [-0.4, -0.2) is 16.9 Å². The van der Waals surface area contributed by atoms with Crippen molar-refractivity contribution >= 4 is 23.2 Å². The third-order valence-corrected chi connectivity index (χ3v) is 2.24. The Labute approximate surface area is 102 Å². The summed E-state index contributed by atoms with van der Waals surface area (Å²) in [5.74, 6) is 4.66. The largest absolute Gasteiger partial charge is 0.481 e. The summed E-state index contributed by atoms with van der Waals surface area (Å²) in [5, 5.41) is 10.4. The van der Waals surface area contributed by atoms with Crippen LogP contribution < -0.4 is 16.0 Å². The Kier molecular flexibility index (Phi) is 4.24. The second-order valence-corrected chi connectivity index (χ2v) is 3.55. The number of nitrogens with one attached hydrogen (secondary N) is 1. The van der Waals surface area contributed by atoms with Crippen LogP contribution in [0.2, 0.25) is 5.02 Å². The number of halogens is 1. The molecule has 0 heterocycles. The number of nitro benzene ring substituents is 1. The number of hydrazine groups is 1. The third kappa shape index (κ3) is 3.30. The van der Waals surface area contributed by atoms with E-state index in [4.69, 9.17) is 22.2 Å². The molecule has 1 amide bonds. The molecule has 1 rings (SSSR count). The Morgan fingerprint density at radius 2 is 2.29 bits per heavy atom. The molecule has 17 heavy (non-hydrogen) atoms. The summed E-state index contributed by atoms with van der Waals surface area (Å²) in [6.45, 7) is 1.48. The van der Waals surface area contributed by atoms with Crippen molar-refractivity contribution in [3.63, 3.8) is 0 Å². The second kappa shape index (κ2) is 5.46. The van der Waals surface area contributed by atoms with Gasteiger partial charge >= 0.3 is 0 Å². The number of hydrogen-bond donors (Lipinski definition) is 2. The van der Waals surface area contributed by atoms with Crippen molar-refractivity contribution in [2.24, 2.45) is 5.84 Å². The van der Waals surface area contributed by atoms with Gasteiger partial charge in [0.25, 0.3) is 11.6 Å². The van der Waals surface area contributed by atoms with E-state index in [-0.39, 0.29) is 16.5 Å². The van der Waals surface area contributed by atoms with E-state index in [0.717, 1.165) is 0 Å². The molecule has 0 aliphatic carbocycles. The first kappa shape index (κ1) is 13.2. The van der Waals surface area contributed by atoms with Crippen LogP contribution in [0.3, 0.4) is 0 Å². The standard InChI is InChI=1S/C9H10ClN3O4/c1-5(9(14)12-11)17-6-2-3-8(13(15)16)7(10)4-6/h2-5H,11H2,1H3,(H,12,14). The first-order chi connectivity index (χ1) is 7.95. The molecule has 3 N–H and O–H groups in total. The molecule has 1 unspecified atom stereocenters. The SMILES string of the molecule is CC(Oc1ccc([N+](=O)[O-])c(Cl)c1)C(=O)NN. The number of nitro groups is 1. The minimum atomic E-state index is -0.822. The molecule has 0 bridgehead atoms. The maximum absolute atomic E-state index is 11.1. The summed E-state index contributed by atoms with van der Waals surface area (Å²) in [6.07, 6.45) is -0.822. The van der Waals surface area contributed by atoms with Gasteiger partial charge in [-0.2, -0.15) is 0 Å². The molecular formula is C9H10ClN3O4. The van der Waals surface area contributed by atoms with Gasteiger partial charge in [0.2, 0.25) is 0 Å². The number of rotatable bonds is 4. The molecule has 0 aliphatic heterocycles. The molecule has 0 aliphatic rings. The van der Waals surface area contributed by atoms with Crippen molar-refractivity contribution in [2.75, 3.05) is 0 Å². The van der Waals surface area contributed by atoms with Gasteiger partial charge in [-0.3, -0.25) is 20.3 Å². The van der Waals surface area contributed by atoms with Gasteiger partial charge in [0, 0.05) is 12.1 Å². The lowest BCUT2D eigenvalue weighted by Crippen LogP contribution is -2.40. The number of hydrogen-bond acceptors (Lipinski definition) is 5. The van der Waals surface area contributed by atoms with E-state index in [0.29, 0.717) is 0 Å². The lowest BCUT2D eigenvalue weighted by Gasteiger charge is -2.12. The second-order valence-electron chi connectivity index (χ2n) is 3.14. The topological polar surface area (TPSA) is 107 Å². The van der Waals surface area contributed by atoms with Crippen molar-refractivity contribution in [3.8, 4) is 5.75 Å². The minimum Gasteiger partial charge on any atom is -0.481 e. The lowest BCUT2D eigenvalue weighted by atomic mass is 10.3. The quantitative estimate of drug-likeness (QED) is 0.363. The zero-order valence-corrected chi connectivity index (χ0v) is 9.60. The molecule has 0 aromatic heterocycles. The van der Waals surface area contributed by atoms with E-state index in [1.165, 1.54) is 25.1 Å². The molecule has 0 saturated carbocycles. The smallest absolute Gasteiger partial charge is 0.288 e. The van der Waals surface area contributed by atoms with Crippen molar-refractivity contribution < 1.29 is 14.5 Å². The molecular weight excluding hydrogens is 250 g/mol. The Bertz CT molecular complexity index is 452. The maximum Gasteiger partial charge on any atom is 0.288 e. The predicted octanol–water partition coefficient (Wildman–Crippen LogP) is 1.01. The first-order valence-corrected chi connectivity index (χ1v) is 4.94. The maximum atomic E-state index is 11.1. The summed E-state index contributed by atoms with van der Waals surface area (Å²) in [6, 6.07) is 3.81. The Hall–Kier alpha value is -1.86. The highest BCUT2D eigenvalue weighted by atomic mass is 35.5. The molecule has 1 aromatic rings. The normalized spacial score (nSPS) is 11.7. The minimum absolute atomic E-state index is 0.0622. The lowest BCUT2D eigenvalue weighted by molar-refractivity contribution is -0.384. The number of carbonyl (C=O) groups is 1. The van der Waals surface area contributed by atoms with E-state index in [9.17, 15) is 14.9 Å². The summed E-state index contributed by atoms with van der Waals surface area (Å²) in [4.78, 5) is 21.0. The summed E-state index contributed by atoms with van der Waals surface area (Å²) >= 11 is 5.67. The zero-order chi connectivity index (χ0) is 13.0. The number of ether oxygens (including phenoxy) is 1. The monoisotopic (exact) mass is 259 g/mol. The van der Waals surface area contributed by atoms with Crippen molar-refractivity contribution in [1.29, 1.82) is 0 Å². The average molecular weight is 260 g/mol. The fourth-order valence-corrected chi connectivity index (χ4v) is 1.32. The highest BCUT2D eigenvalue weighted by Gasteiger charge is 2.16. The van der Waals surface area contributed by atoms with E-state index >= 15 is 0 Å². The zero-order valence-electron chi connectivity index (χ0n) is 8.84. The Morgan fingerprint density at radius 1 is 1.65 bits per heavy atom. The number of nitrogens with two attached hydrogens (primary N) is 1. The van der Waals surface area contributed by atoms with E-state index in [1.54, 1.807) is 0 Å². The van der Waals surface area contributed by atoms with E-state index in [2.05, 4.69) is 0 Å². The average Bonchev–Trinajstić information content (AvgIpc) is 2.27. The van der Waals surface area contributed by atoms with Crippen LogP contribution in [0.5, 0.6) is 5.75 Å². The molecule has 0 radical (unpaired) electrons. The van der Waals surface area contributed by atoms with Gasteiger partial charge in [-0.05, 0) is 13.0 Å². The van der Waals surface area contributed by atoms with Crippen molar-refractivity contribution in [2.45, 2.75) is 13.0 Å². The van der Waals surface area contributed by atoms with Gasteiger partial charge in [-0.1, -0.05) is 11.6 Å². The third-order valence-electron chi connectivity index (χ3n) is 1.94. The van der Waals surface area contributed by atoms with Gasteiger partial charge in [-0.15, -0.1) is 0 Å². The van der Waals surface area contributed by atoms with Crippen LogP contribution in [0.1, 0.15) is 6.92 Å². The fourth-order valence-electron chi connectivity index (χ4n) is 1.08. The first-order valence-electron chi connectivity index (χ1n) is 4.56. The van der Waals surface area contributed by atoms with Crippen LogP contribution in [0.25, 0.3) is 0 Å². The summed E-state index contributed by atoms with van der Waals surface area (Å²) in [7, 11) is 0. The van der Waals surface area contributed by atoms with Gasteiger partial charge in [0.1, 0.15) is 10.8 Å². The van der Waals surface area contributed by atoms with Crippen LogP contribution in [0.4, 0.5) is 5.69 Å². The van der Waals surface area contributed by atoms with Gasteiger partial charge in [0.15, 0.2) is 6.10 Å². The van der Waals surface area contributed by atoms with Crippen molar-refractivity contribution in [1.82, 2.24) is 5.43 Å². The molecule has 1 aromatic carbocycles. The molecule has 1 atom stereocenters. The van der Waals surface area contributed by atoms with E-state index in [1.807, 2.05) is 5.43 Å². The van der Waals surface area contributed by atoms with Gasteiger partial charge in [-0.25, -0.2) is 5.84 Å². The highest BCUT2D eigenvalue weighted by Crippen LogP contribution is 2.28. The molecule has 0 spiro atoms. The van der Waals surface area contributed by atoms with E-state index < -0.39 is 16.9 Å². The molecule has 0 fully saturated rings.